The van der Waals surface area contributed by atoms with Crippen LogP contribution >= 0.6 is 0 Å². The Morgan fingerprint density at radius 2 is 1.70 bits per heavy atom. The largest absolute Gasteiger partial charge is 0.497 e. The van der Waals surface area contributed by atoms with Gasteiger partial charge in [0.05, 0.1) is 12.6 Å². The second-order valence-electron chi connectivity index (χ2n) is 8.10. The molecule has 158 valence electrons. The SMILES string of the molecule is COc1ccc2nc(C)cc(OCC(=O)Nc3c(C(C)C)cccc3C(C)C)c2c1. The quantitative estimate of drug-likeness (QED) is 0.537. The number of carbonyl (C=O) groups excluding carboxylic acids is 1. The fraction of sp³-hybridized carbons (Fsp3) is 0.360. The maximum absolute atomic E-state index is 12.8. The topological polar surface area (TPSA) is 60.5 Å². The van der Waals surface area contributed by atoms with Gasteiger partial charge in [0, 0.05) is 22.8 Å². The van der Waals surface area contributed by atoms with Gasteiger partial charge in [-0.3, -0.25) is 9.78 Å². The molecule has 0 bridgehead atoms. The summed E-state index contributed by atoms with van der Waals surface area (Å²) in [7, 11) is 1.62. The predicted octanol–water partition coefficient (Wildman–Crippen LogP) is 5.82. The van der Waals surface area contributed by atoms with Gasteiger partial charge in [-0.25, -0.2) is 0 Å². The maximum atomic E-state index is 12.8. The molecule has 2 aromatic carbocycles. The minimum Gasteiger partial charge on any atom is -0.497 e. The van der Waals surface area contributed by atoms with E-state index in [-0.39, 0.29) is 12.5 Å². The summed E-state index contributed by atoms with van der Waals surface area (Å²) in [6.07, 6.45) is 0. The third-order valence-corrected chi connectivity index (χ3v) is 5.10. The second kappa shape index (κ2) is 9.16. The number of para-hydroxylation sites is 1. The number of aromatic nitrogens is 1. The summed E-state index contributed by atoms with van der Waals surface area (Å²) >= 11 is 0. The van der Waals surface area contributed by atoms with Gasteiger partial charge in [-0.15, -0.1) is 0 Å². The number of ether oxygens (including phenoxy) is 2. The van der Waals surface area contributed by atoms with Gasteiger partial charge in [0.25, 0.3) is 5.91 Å². The van der Waals surface area contributed by atoms with Gasteiger partial charge in [0.2, 0.25) is 0 Å². The fourth-order valence-corrected chi connectivity index (χ4v) is 3.56. The van der Waals surface area contributed by atoms with E-state index in [1.54, 1.807) is 7.11 Å². The Bertz CT molecular complexity index is 1030. The van der Waals surface area contributed by atoms with Gasteiger partial charge >= 0.3 is 0 Å². The van der Waals surface area contributed by atoms with Crippen LogP contribution in [0.1, 0.15) is 56.4 Å². The van der Waals surface area contributed by atoms with Crippen molar-refractivity contribution in [1.29, 1.82) is 0 Å². The lowest BCUT2D eigenvalue weighted by Gasteiger charge is -2.20. The van der Waals surface area contributed by atoms with Crippen LogP contribution in [0, 0.1) is 6.92 Å². The minimum atomic E-state index is -0.185. The highest BCUT2D eigenvalue weighted by atomic mass is 16.5. The zero-order valence-electron chi connectivity index (χ0n) is 18.6. The zero-order valence-corrected chi connectivity index (χ0v) is 18.6. The van der Waals surface area contributed by atoms with Crippen LogP contribution in [0.25, 0.3) is 10.9 Å². The summed E-state index contributed by atoms with van der Waals surface area (Å²) < 4.78 is 11.2. The number of anilines is 1. The lowest BCUT2D eigenvalue weighted by Crippen LogP contribution is -2.22. The Morgan fingerprint density at radius 1 is 1.03 bits per heavy atom. The fourth-order valence-electron chi connectivity index (χ4n) is 3.56. The molecule has 3 aromatic rings. The molecule has 0 spiro atoms. The molecule has 1 heterocycles. The molecule has 0 radical (unpaired) electrons. The van der Waals surface area contributed by atoms with Crippen molar-refractivity contribution in [1.82, 2.24) is 4.98 Å². The summed E-state index contributed by atoms with van der Waals surface area (Å²) in [4.78, 5) is 17.3. The number of aryl methyl sites for hydroxylation is 1. The van der Waals surface area contributed by atoms with Crippen LogP contribution in [0.15, 0.2) is 42.5 Å². The van der Waals surface area contributed by atoms with Crippen LogP contribution < -0.4 is 14.8 Å². The number of pyridine rings is 1. The number of carbonyl (C=O) groups is 1. The number of fused-ring (bicyclic) bond motifs is 1. The third-order valence-electron chi connectivity index (χ3n) is 5.10. The average molecular weight is 407 g/mol. The van der Waals surface area contributed by atoms with Crippen LogP contribution in [-0.4, -0.2) is 24.6 Å². The Kier molecular flexibility index (Phi) is 6.60. The average Bonchev–Trinajstić information content (AvgIpc) is 2.71. The van der Waals surface area contributed by atoms with Crippen LogP contribution in [0.5, 0.6) is 11.5 Å². The van der Waals surface area contributed by atoms with E-state index >= 15 is 0 Å². The molecule has 0 aliphatic carbocycles. The molecule has 1 amide bonds. The second-order valence-corrected chi connectivity index (χ2v) is 8.10. The van der Waals surface area contributed by atoms with Crippen molar-refractivity contribution in [3.63, 3.8) is 0 Å². The summed E-state index contributed by atoms with van der Waals surface area (Å²) in [6.45, 7) is 10.3. The molecular formula is C25H30N2O3. The number of amides is 1. The number of methoxy groups -OCH3 is 1. The molecule has 0 saturated heterocycles. The lowest BCUT2D eigenvalue weighted by atomic mass is 9.92. The Hall–Kier alpha value is -3.08. The molecule has 0 unspecified atom stereocenters. The summed E-state index contributed by atoms with van der Waals surface area (Å²) in [5.74, 6) is 1.76. The van der Waals surface area contributed by atoms with Gasteiger partial charge in [-0.2, -0.15) is 0 Å². The molecule has 5 nitrogen and oxygen atoms in total. The molecule has 0 aliphatic heterocycles. The Morgan fingerprint density at radius 3 is 2.30 bits per heavy atom. The van der Waals surface area contributed by atoms with Crippen LogP contribution in [0.2, 0.25) is 0 Å². The maximum Gasteiger partial charge on any atom is 0.262 e. The molecule has 1 aromatic heterocycles. The van der Waals surface area contributed by atoms with Gasteiger partial charge < -0.3 is 14.8 Å². The smallest absolute Gasteiger partial charge is 0.262 e. The number of nitrogens with zero attached hydrogens (tertiary/aromatic N) is 1. The normalized spacial score (nSPS) is 11.2. The van der Waals surface area contributed by atoms with E-state index < -0.39 is 0 Å². The molecule has 5 heteroatoms. The molecule has 1 N–H and O–H groups in total. The number of nitrogens with one attached hydrogen (secondary N) is 1. The van der Waals surface area contributed by atoms with E-state index in [0.29, 0.717) is 17.6 Å². The monoisotopic (exact) mass is 406 g/mol. The van der Waals surface area contributed by atoms with Crippen molar-refractivity contribution < 1.29 is 14.3 Å². The number of benzene rings is 2. The summed E-state index contributed by atoms with van der Waals surface area (Å²) in [5, 5.41) is 3.91. The molecular weight excluding hydrogens is 376 g/mol. The van der Waals surface area contributed by atoms with E-state index in [1.807, 2.05) is 31.2 Å². The highest BCUT2D eigenvalue weighted by molar-refractivity contribution is 5.94. The van der Waals surface area contributed by atoms with Crippen molar-refractivity contribution in [2.45, 2.75) is 46.5 Å². The molecule has 0 atom stereocenters. The molecule has 3 rings (SSSR count). The first kappa shape index (κ1) is 21.6. The van der Waals surface area contributed by atoms with Crippen LogP contribution in [-0.2, 0) is 4.79 Å². The zero-order chi connectivity index (χ0) is 21.8. The van der Waals surface area contributed by atoms with E-state index in [1.165, 1.54) is 0 Å². The molecule has 0 fully saturated rings. The van der Waals surface area contributed by atoms with Gasteiger partial charge in [0.1, 0.15) is 11.5 Å². The first-order chi connectivity index (χ1) is 14.3. The minimum absolute atomic E-state index is 0.0836. The van der Waals surface area contributed by atoms with E-state index in [0.717, 1.165) is 39.2 Å². The van der Waals surface area contributed by atoms with Gasteiger partial charge in [-0.1, -0.05) is 45.9 Å². The molecule has 0 saturated carbocycles. The summed E-state index contributed by atoms with van der Waals surface area (Å²) in [5.41, 5.74) is 4.79. The summed E-state index contributed by atoms with van der Waals surface area (Å²) in [6, 6.07) is 13.7. The lowest BCUT2D eigenvalue weighted by molar-refractivity contribution is -0.118. The molecule has 0 aliphatic rings. The first-order valence-corrected chi connectivity index (χ1v) is 10.3. The predicted molar refractivity (Wildman–Crippen MR) is 122 cm³/mol. The van der Waals surface area contributed by atoms with Gasteiger partial charge in [0.15, 0.2) is 6.61 Å². The number of hydrogen-bond acceptors (Lipinski definition) is 4. The third kappa shape index (κ3) is 4.73. The van der Waals surface area contributed by atoms with Crippen molar-refractivity contribution in [3.8, 4) is 11.5 Å². The van der Waals surface area contributed by atoms with E-state index in [4.69, 9.17) is 9.47 Å². The van der Waals surface area contributed by atoms with Crippen molar-refractivity contribution in [3.05, 3.63) is 59.3 Å². The van der Waals surface area contributed by atoms with Crippen molar-refractivity contribution >= 4 is 22.5 Å². The van der Waals surface area contributed by atoms with Crippen molar-refractivity contribution in [2.75, 3.05) is 19.0 Å². The van der Waals surface area contributed by atoms with Crippen LogP contribution in [0.4, 0.5) is 5.69 Å². The standard InChI is InChI=1S/C25H30N2O3/c1-15(2)19-8-7-9-20(16(3)4)25(19)27-24(28)14-30-23-12-17(5)26-22-11-10-18(29-6)13-21(22)23/h7-13,15-16H,14H2,1-6H3,(H,27,28). The van der Waals surface area contributed by atoms with E-state index in [2.05, 4.69) is 56.2 Å². The van der Waals surface area contributed by atoms with Crippen LogP contribution in [0.3, 0.4) is 0 Å². The Balaban J connectivity index is 1.84. The highest BCUT2D eigenvalue weighted by Crippen LogP contribution is 2.33. The van der Waals surface area contributed by atoms with E-state index in [9.17, 15) is 4.79 Å². The number of rotatable bonds is 7. The Labute approximate surface area is 178 Å². The van der Waals surface area contributed by atoms with Crippen molar-refractivity contribution in [2.24, 2.45) is 0 Å². The first-order valence-electron chi connectivity index (χ1n) is 10.3. The highest BCUT2D eigenvalue weighted by Gasteiger charge is 2.17. The number of hydrogen-bond donors (Lipinski definition) is 1. The molecule has 30 heavy (non-hydrogen) atoms. The van der Waals surface area contributed by atoms with Gasteiger partial charge in [-0.05, 0) is 48.1 Å².